The van der Waals surface area contributed by atoms with Gasteiger partial charge >= 0.3 is 0 Å². The van der Waals surface area contributed by atoms with Crippen molar-refractivity contribution in [2.75, 3.05) is 6.61 Å². The third-order valence-electron chi connectivity index (χ3n) is 5.29. The van der Waals surface area contributed by atoms with Gasteiger partial charge in [-0.3, -0.25) is 4.79 Å². The van der Waals surface area contributed by atoms with E-state index in [4.69, 9.17) is 16.3 Å². The van der Waals surface area contributed by atoms with Crippen LogP contribution in [-0.2, 0) is 16.6 Å². The molecule has 1 heterocycles. The largest absolute Gasteiger partial charge is 0.478 e. The predicted molar refractivity (Wildman–Crippen MR) is 80.8 cm³/mol. The van der Waals surface area contributed by atoms with Crippen LogP contribution in [0, 0.1) is 11.8 Å². The Labute approximate surface area is 130 Å². The fourth-order valence-electron chi connectivity index (χ4n) is 4.13. The van der Waals surface area contributed by atoms with Crippen molar-refractivity contribution in [3.8, 4) is 5.88 Å². The number of halogens is 1. The standard InChI is InChI=1S/C16H21ClN2O2/c1-4-21-14-10-5-6-11-9(2)12(20)7-8-16(11,3)13(10)18-15(17)19-14/h9,11H,4-8H2,1-3H3/t9-,11-,16-/m0/s1. The molecule has 1 fully saturated rings. The molecule has 0 spiro atoms. The van der Waals surface area contributed by atoms with Crippen molar-refractivity contribution in [3.63, 3.8) is 0 Å². The van der Waals surface area contributed by atoms with Crippen molar-refractivity contribution in [2.45, 2.75) is 51.9 Å². The van der Waals surface area contributed by atoms with Crippen molar-refractivity contribution in [1.82, 2.24) is 9.97 Å². The van der Waals surface area contributed by atoms with Gasteiger partial charge in [-0.15, -0.1) is 0 Å². The summed E-state index contributed by atoms with van der Waals surface area (Å²) in [6, 6.07) is 0. The summed E-state index contributed by atoms with van der Waals surface area (Å²) in [6.45, 7) is 6.78. The average Bonchev–Trinajstić information content (AvgIpc) is 2.44. The number of fused-ring (bicyclic) bond motifs is 3. The summed E-state index contributed by atoms with van der Waals surface area (Å²) in [5.74, 6) is 1.44. The molecule has 3 atom stereocenters. The number of hydrogen-bond donors (Lipinski definition) is 0. The molecule has 114 valence electrons. The molecule has 0 saturated heterocycles. The highest BCUT2D eigenvalue weighted by molar-refractivity contribution is 6.28. The number of ether oxygens (including phenoxy) is 1. The maximum Gasteiger partial charge on any atom is 0.225 e. The van der Waals surface area contributed by atoms with Crippen LogP contribution in [0.25, 0.3) is 0 Å². The SMILES string of the molecule is CCOc1nc(Cl)nc2c1CC[C@H]1[C@H](C)C(=O)CC[C@]21C. The normalized spacial score (nSPS) is 31.5. The van der Waals surface area contributed by atoms with Gasteiger partial charge in [0.2, 0.25) is 11.2 Å². The lowest BCUT2D eigenvalue weighted by molar-refractivity contribution is -0.128. The van der Waals surface area contributed by atoms with E-state index in [1.807, 2.05) is 6.92 Å². The third kappa shape index (κ3) is 2.24. The first-order valence-electron chi connectivity index (χ1n) is 7.69. The van der Waals surface area contributed by atoms with Crippen LogP contribution in [0.3, 0.4) is 0 Å². The molecule has 0 amide bonds. The second-order valence-corrected chi connectivity index (χ2v) is 6.71. The third-order valence-corrected chi connectivity index (χ3v) is 5.46. The highest BCUT2D eigenvalue weighted by Gasteiger charge is 2.49. The maximum atomic E-state index is 12.1. The maximum absolute atomic E-state index is 12.1. The fourth-order valence-corrected chi connectivity index (χ4v) is 4.29. The zero-order valence-corrected chi connectivity index (χ0v) is 13.5. The first-order valence-corrected chi connectivity index (χ1v) is 8.07. The molecule has 1 aromatic heterocycles. The Balaban J connectivity index is 2.11. The quantitative estimate of drug-likeness (QED) is 0.786. The number of carbonyl (C=O) groups excluding carboxylic acids is 1. The van der Waals surface area contributed by atoms with E-state index in [0.29, 0.717) is 30.6 Å². The Kier molecular flexibility index (Phi) is 3.68. The minimum absolute atomic E-state index is 0.0979. The topological polar surface area (TPSA) is 52.1 Å². The van der Waals surface area contributed by atoms with Crippen LogP contribution in [0.5, 0.6) is 5.88 Å². The molecule has 5 heteroatoms. The van der Waals surface area contributed by atoms with E-state index >= 15 is 0 Å². The molecule has 3 rings (SSSR count). The molecule has 0 bridgehead atoms. The number of ketones is 1. The molecule has 2 aliphatic carbocycles. The molecule has 4 nitrogen and oxygen atoms in total. The monoisotopic (exact) mass is 308 g/mol. The van der Waals surface area contributed by atoms with Crippen molar-refractivity contribution < 1.29 is 9.53 Å². The molecule has 0 N–H and O–H groups in total. The van der Waals surface area contributed by atoms with Crippen molar-refractivity contribution >= 4 is 17.4 Å². The average molecular weight is 309 g/mol. The number of carbonyl (C=O) groups is 1. The molecule has 21 heavy (non-hydrogen) atoms. The molecule has 0 aliphatic heterocycles. The van der Waals surface area contributed by atoms with Gasteiger partial charge in [-0.25, -0.2) is 4.98 Å². The summed E-state index contributed by atoms with van der Waals surface area (Å²) < 4.78 is 5.66. The van der Waals surface area contributed by atoms with Crippen LogP contribution in [-0.4, -0.2) is 22.4 Å². The van der Waals surface area contributed by atoms with E-state index < -0.39 is 0 Å². The van der Waals surface area contributed by atoms with Crippen LogP contribution in [0.1, 0.15) is 51.3 Å². The molecule has 0 aromatic carbocycles. The van der Waals surface area contributed by atoms with Gasteiger partial charge in [0.1, 0.15) is 5.78 Å². The molecule has 1 aromatic rings. The Morgan fingerprint density at radius 2 is 2.14 bits per heavy atom. The van der Waals surface area contributed by atoms with E-state index in [1.165, 1.54) is 0 Å². The van der Waals surface area contributed by atoms with Crippen LogP contribution in [0.4, 0.5) is 0 Å². The Morgan fingerprint density at radius 1 is 1.38 bits per heavy atom. The van der Waals surface area contributed by atoms with Crippen LogP contribution >= 0.6 is 11.6 Å². The van der Waals surface area contributed by atoms with Crippen molar-refractivity contribution in [2.24, 2.45) is 11.8 Å². The van der Waals surface area contributed by atoms with Gasteiger partial charge in [-0.05, 0) is 43.7 Å². The van der Waals surface area contributed by atoms with Gasteiger partial charge in [0.05, 0.1) is 12.3 Å². The van der Waals surface area contributed by atoms with Crippen molar-refractivity contribution in [1.29, 1.82) is 0 Å². The minimum atomic E-state index is -0.0979. The lowest BCUT2D eigenvalue weighted by Gasteiger charge is -2.47. The van der Waals surface area contributed by atoms with Gasteiger partial charge in [0.15, 0.2) is 0 Å². The number of hydrogen-bond acceptors (Lipinski definition) is 4. The number of Topliss-reactive ketones (excluding diaryl/α,β-unsaturated/α-hetero) is 1. The zero-order valence-electron chi connectivity index (χ0n) is 12.8. The van der Waals surface area contributed by atoms with E-state index in [1.54, 1.807) is 0 Å². The lowest BCUT2D eigenvalue weighted by atomic mass is 9.56. The first-order chi connectivity index (χ1) is 9.97. The van der Waals surface area contributed by atoms with E-state index in [9.17, 15) is 4.79 Å². The lowest BCUT2D eigenvalue weighted by Crippen LogP contribution is -2.47. The molecule has 0 unspecified atom stereocenters. The van der Waals surface area contributed by atoms with Gasteiger partial charge < -0.3 is 4.74 Å². The number of aromatic nitrogens is 2. The van der Waals surface area contributed by atoms with Crippen LogP contribution in [0.2, 0.25) is 5.28 Å². The molecule has 1 saturated carbocycles. The molecular formula is C16H21ClN2O2. The Hall–Kier alpha value is -1.16. The predicted octanol–water partition coefficient (Wildman–Crippen LogP) is 3.35. The fraction of sp³-hybridized carbons (Fsp3) is 0.688. The van der Waals surface area contributed by atoms with Gasteiger partial charge in [-0.2, -0.15) is 4.98 Å². The number of nitrogens with zero attached hydrogens (tertiary/aromatic N) is 2. The van der Waals surface area contributed by atoms with Crippen LogP contribution in [0.15, 0.2) is 0 Å². The second kappa shape index (κ2) is 5.24. The summed E-state index contributed by atoms with van der Waals surface area (Å²) in [7, 11) is 0. The van der Waals surface area contributed by atoms with Gasteiger partial charge in [0, 0.05) is 23.3 Å². The summed E-state index contributed by atoms with van der Waals surface area (Å²) >= 11 is 6.11. The van der Waals surface area contributed by atoms with E-state index in [0.717, 1.165) is 30.5 Å². The minimum Gasteiger partial charge on any atom is -0.478 e. The molecule has 2 aliphatic rings. The van der Waals surface area contributed by atoms with E-state index in [2.05, 4.69) is 23.8 Å². The van der Waals surface area contributed by atoms with E-state index in [-0.39, 0.29) is 16.6 Å². The second-order valence-electron chi connectivity index (χ2n) is 6.38. The molecule has 0 radical (unpaired) electrons. The Bertz CT molecular complexity index is 590. The highest BCUT2D eigenvalue weighted by Crippen LogP contribution is 2.51. The smallest absolute Gasteiger partial charge is 0.225 e. The van der Waals surface area contributed by atoms with Gasteiger partial charge in [-0.1, -0.05) is 13.8 Å². The molecular weight excluding hydrogens is 288 g/mol. The summed E-state index contributed by atoms with van der Waals surface area (Å²) in [5, 5.41) is 0.239. The zero-order chi connectivity index (χ0) is 15.2. The van der Waals surface area contributed by atoms with Crippen molar-refractivity contribution in [3.05, 3.63) is 16.5 Å². The summed E-state index contributed by atoms with van der Waals surface area (Å²) in [5.41, 5.74) is 1.99. The number of rotatable bonds is 2. The van der Waals surface area contributed by atoms with Crippen LogP contribution < -0.4 is 4.74 Å². The summed E-state index contributed by atoms with van der Waals surface area (Å²) in [6.07, 6.45) is 3.31. The van der Waals surface area contributed by atoms with Gasteiger partial charge in [0.25, 0.3) is 0 Å². The Morgan fingerprint density at radius 3 is 2.86 bits per heavy atom. The highest BCUT2D eigenvalue weighted by atomic mass is 35.5. The summed E-state index contributed by atoms with van der Waals surface area (Å²) in [4.78, 5) is 20.8. The first kappa shape index (κ1) is 14.8.